The number of hydrogen-bond acceptors (Lipinski definition) is 5. The Labute approximate surface area is 157 Å². The van der Waals surface area contributed by atoms with Gasteiger partial charge in [-0.1, -0.05) is 18.2 Å². The van der Waals surface area contributed by atoms with E-state index < -0.39 is 5.91 Å². The largest absolute Gasteiger partial charge is 0.358 e. The zero-order chi connectivity index (χ0) is 19.1. The van der Waals surface area contributed by atoms with Crippen molar-refractivity contribution in [1.29, 1.82) is 0 Å². The van der Waals surface area contributed by atoms with Crippen molar-refractivity contribution in [2.75, 3.05) is 18.5 Å². The highest BCUT2D eigenvalue weighted by molar-refractivity contribution is 5.91. The van der Waals surface area contributed by atoms with E-state index in [1.54, 1.807) is 36.8 Å². The van der Waals surface area contributed by atoms with Crippen molar-refractivity contribution in [2.24, 2.45) is 0 Å². The van der Waals surface area contributed by atoms with Crippen LogP contribution in [0.3, 0.4) is 0 Å². The first-order valence-electron chi connectivity index (χ1n) is 8.57. The van der Waals surface area contributed by atoms with E-state index in [2.05, 4.69) is 20.3 Å². The average Bonchev–Trinajstić information content (AvgIpc) is 2.72. The summed E-state index contributed by atoms with van der Waals surface area (Å²) in [7, 11) is 1.92. The Balaban J connectivity index is 1.54. The third-order valence-corrected chi connectivity index (χ3v) is 4.14. The van der Waals surface area contributed by atoms with Gasteiger partial charge in [0.15, 0.2) is 0 Å². The van der Waals surface area contributed by atoms with Crippen LogP contribution in [-0.2, 0) is 13.0 Å². The van der Waals surface area contributed by atoms with Crippen LogP contribution in [0.1, 0.15) is 21.6 Å². The lowest BCUT2D eigenvalue weighted by Crippen LogP contribution is -2.25. The second-order valence-corrected chi connectivity index (χ2v) is 6.06. The highest BCUT2D eigenvalue weighted by Crippen LogP contribution is 2.09. The molecule has 3 aromatic rings. The van der Waals surface area contributed by atoms with Crippen LogP contribution < -0.4 is 10.2 Å². The molecule has 0 saturated carbocycles. The number of pyridine rings is 1. The molecule has 6 nitrogen and oxygen atoms in total. The van der Waals surface area contributed by atoms with Gasteiger partial charge in [-0.2, -0.15) is 0 Å². The maximum atomic E-state index is 13.6. The number of halogens is 1. The molecule has 0 radical (unpaired) electrons. The number of rotatable bonds is 7. The zero-order valence-corrected chi connectivity index (χ0v) is 15.0. The standard InChI is InChI=1S/C20H20FN5O/c1-26(11-8-15-6-9-22-10-7-15)19-14-23-18(13-24-19)20(27)25-12-16-4-2-3-5-17(16)21/h2-7,9-10,13-14H,8,11-12H2,1H3,(H,25,27). The Morgan fingerprint density at radius 1 is 1.11 bits per heavy atom. The summed E-state index contributed by atoms with van der Waals surface area (Å²) < 4.78 is 13.6. The lowest BCUT2D eigenvalue weighted by molar-refractivity contribution is 0.0945. The second kappa shape index (κ2) is 8.84. The van der Waals surface area contributed by atoms with E-state index in [1.807, 2.05) is 24.1 Å². The van der Waals surface area contributed by atoms with Crippen LogP contribution in [0.5, 0.6) is 0 Å². The number of anilines is 1. The SMILES string of the molecule is CN(CCc1ccncc1)c1cnc(C(=O)NCc2ccccc2F)cn1. The number of hydrogen-bond donors (Lipinski definition) is 1. The number of aromatic nitrogens is 3. The lowest BCUT2D eigenvalue weighted by Gasteiger charge is -2.17. The maximum Gasteiger partial charge on any atom is 0.271 e. The summed E-state index contributed by atoms with van der Waals surface area (Å²) in [5.74, 6) is -0.0681. The minimum absolute atomic E-state index is 0.0980. The molecule has 3 rings (SSSR count). The van der Waals surface area contributed by atoms with Crippen molar-refractivity contribution < 1.29 is 9.18 Å². The van der Waals surface area contributed by atoms with Crippen molar-refractivity contribution in [1.82, 2.24) is 20.3 Å². The number of carbonyl (C=O) groups excluding carboxylic acids is 1. The first kappa shape index (κ1) is 18.4. The summed E-state index contributed by atoms with van der Waals surface area (Å²) in [6.45, 7) is 0.859. The summed E-state index contributed by atoms with van der Waals surface area (Å²) >= 11 is 0. The maximum absolute atomic E-state index is 13.6. The summed E-state index contributed by atoms with van der Waals surface area (Å²) in [4.78, 5) is 26.6. The summed E-state index contributed by atoms with van der Waals surface area (Å²) in [5.41, 5.74) is 1.80. The molecule has 2 aromatic heterocycles. The van der Waals surface area contributed by atoms with Gasteiger partial charge in [0.25, 0.3) is 5.91 Å². The van der Waals surface area contributed by atoms with Gasteiger partial charge in [0, 0.05) is 38.1 Å². The van der Waals surface area contributed by atoms with Crippen LogP contribution in [0.15, 0.2) is 61.2 Å². The van der Waals surface area contributed by atoms with E-state index >= 15 is 0 Å². The number of amides is 1. The number of nitrogens with one attached hydrogen (secondary N) is 1. The number of carbonyl (C=O) groups is 1. The fraction of sp³-hybridized carbons (Fsp3) is 0.200. The zero-order valence-electron chi connectivity index (χ0n) is 15.0. The highest BCUT2D eigenvalue weighted by atomic mass is 19.1. The molecule has 0 saturated heterocycles. The van der Waals surface area contributed by atoms with Crippen molar-refractivity contribution in [3.8, 4) is 0 Å². The molecule has 1 aromatic carbocycles. The summed E-state index contributed by atoms with van der Waals surface area (Å²) in [6.07, 6.45) is 7.37. The fourth-order valence-corrected chi connectivity index (χ4v) is 2.50. The van der Waals surface area contributed by atoms with Gasteiger partial charge in [0.1, 0.15) is 17.3 Å². The Morgan fingerprint density at radius 2 is 1.89 bits per heavy atom. The number of likely N-dealkylation sites (N-methyl/N-ethyl adjacent to an activating group) is 1. The van der Waals surface area contributed by atoms with E-state index in [0.717, 1.165) is 13.0 Å². The summed E-state index contributed by atoms with van der Waals surface area (Å²) in [6, 6.07) is 10.3. The molecule has 0 aliphatic heterocycles. The van der Waals surface area contributed by atoms with Gasteiger partial charge in [-0.15, -0.1) is 0 Å². The molecule has 0 bridgehead atoms. The van der Waals surface area contributed by atoms with E-state index in [9.17, 15) is 9.18 Å². The predicted molar refractivity (Wildman–Crippen MR) is 101 cm³/mol. The molecule has 1 amide bonds. The van der Waals surface area contributed by atoms with Crippen LogP contribution in [0.4, 0.5) is 10.2 Å². The third-order valence-electron chi connectivity index (χ3n) is 4.14. The van der Waals surface area contributed by atoms with E-state index in [4.69, 9.17) is 0 Å². The lowest BCUT2D eigenvalue weighted by atomic mass is 10.2. The van der Waals surface area contributed by atoms with Crippen molar-refractivity contribution in [2.45, 2.75) is 13.0 Å². The Morgan fingerprint density at radius 3 is 2.59 bits per heavy atom. The first-order chi connectivity index (χ1) is 13.1. The highest BCUT2D eigenvalue weighted by Gasteiger charge is 2.10. The van der Waals surface area contributed by atoms with Crippen LogP contribution in [0.25, 0.3) is 0 Å². The molecule has 0 unspecified atom stereocenters. The molecular weight excluding hydrogens is 345 g/mol. The van der Waals surface area contributed by atoms with Crippen molar-refractivity contribution in [3.05, 3.63) is 83.8 Å². The second-order valence-electron chi connectivity index (χ2n) is 6.06. The third kappa shape index (κ3) is 5.07. The quantitative estimate of drug-likeness (QED) is 0.697. The van der Waals surface area contributed by atoms with E-state index in [0.29, 0.717) is 11.4 Å². The smallest absolute Gasteiger partial charge is 0.271 e. The van der Waals surface area contributed by atoms with Crippen molar-refractivity contribution in [3.63, 3.8) is 0 Å². The summed E-state index contributed by atoms with van der Waals surface area (Å²) in [5, 5.41) is 2.65. The van der Waals surface area contributed by atoms with Crippen LogP contribution in [-0.4, -0.2) is 34.5 Å². The number of benzene rings is 1. The molecule has 2 heterocycles. The van der Waals surface area contributed by atoms with E-state index in [-0.39, 0.29) is 18.1 Å². The Kier molecular flexibility index (Phi) is 6.04. The van der Waals surface area contributed by atoms with Crippen LogP contribution in [0, 0.1) is 5.82 Å². The normalized spacial score (nSPS) is 10.4. The molecule has 1 N–H and O–H groups in total. The van der Waals surface area contributed by atoms with Gasteiger partial charge in [-0.25, -0.2) is 14.4 Å². The minimum Gasteiger partial charge on any atom is -0.358 e. The predicted octanol–water partition coefficient (Wildman–Crippen LogP) is 2.62. The number of nitrogens with zero attached hydrogens (tertiary/aromatic N) is 4. The van der Waals surface area contributed by atoms with Gasteiger partial charge in [-0.05, 0) is 30.2 Å². The van der Waals surface area contributed by atoms with Gasteiger partial charge in [0.05, 0.1) is 12.4 Å². The molecule has 0 fully saturated rings. The molecule has 7 heteroatoms. The minimum atomic E-state index is -0.392. The van der Waals surface area contributed by atoms with Gasteiger partial charge >= 0.3 is 0 Å². The molecule has 27 heavy (non-hydrogen) atoms. The molecular formula is C20H20FN5O. The monoisotopic (exact) mass is 365 g/mol. The van der Waals surface area contributed by atoms with Crippen molar-refractivity contribution >= 4 is 11.7 Å². The van der Waals surface area contributed by atoms with Crippen LogP contribution in [0.2, 0.25) is 0 Å². The van der Waals surface area contributed by atoms with Crippen LogP contribution >= 0.6 is 0 Å². The molecule has 0 atom stereocenters. The van der Waals surface area contributed by atoms with E-state index in [1.165, 1.54) is 17.8 Å². The Hall–Kier alpha value is -3.35. The average molecular weight is 365 g/mol. The topological polar surface area (TPSA) is 71.0 Å². The molecule has 0 spiro atoms. The molecule has 0 aliphatic rings. The van der Waals surface area contributed by atoms with Gasteiger partial charge < -0.3 is 10.2 Å². The Bertz CT molecular complexity index is 886. The van der Waals surface area contributed by atoms with Gasteiger partial charge in [-0.3, -0.25) is 9.78 Å². The fourth-order valence-electron chi connectivity index (χ4n) is 2.50. The molecule has 0 aliphatic carbocycles. The molecule has 138 valence electrons. The first-order valence-corrected chi connectivity index (χ1v) is 8.57. The van der Waals surface area contributed by atoms with Gasteiger partial charge in [0.2, 0.25) is 0 Å².